The first-order valence-corrected chi connectivity index (χ1v) is 7.23. The molecule has 96 valence electrons. The van der Waals surface area contributed by atoms with Gasteiger partial charge in [0.1, 0.15) is 0 Å². The van der Waals surface area contributed by atoms with Gasteiger partial charge in [-0.2, -0.15) is 0 Å². The molecule has 1 saturated carbocycles. The van der Waals surface area contributed by atoms with E-state index in [4.69, 9.17) is 12.6 Å². The number of nitrogens with one attached hydrogen (secondary N) is 1. The first-order valence-electron chi connectivity index (χ1n) is 7.23. The molecule has 3 heteroatoms. The Balaban J connectivity index is 1.82. The average molecular weight is 235 g/mol. The molecule has 1 aliphatic heterocycles. The molecule has 2 rings (SSSR count). The van der Waals surface area contributed by atoms with Crippen molar-refractivity contribution < 1.29 is 4.74 Å². The lowest BCUT2D eigenvalue weighted by Crippen LogP contribution is -2.43. The van der Waals surface area contributed by atoms with E-state index >= 15 is 0 Å². The summed E-state index contributed by atoms with van der Waals surface area (Å²) in [6.45, 7) is 5.45. The van der Waals surface area contributed by atoms with Crippen LogP contribution >= 0.6 is 0 Å². The third kappa shape index (κ3) is 3.48. The smallest absolute Gasteiger partial charge is 0.0687 e. The zero-order chi connectivity index (χ0) is 12.2. The van der Waals surface area contributed by atoms with Crippen LogP contribution in [-0.4, -0.2) is 33.1 Å². The number of ether oxygens (including phenoxy) is 1. The Labute approximate surface area is 107 Å². The molecule has 2 fully saturated rings. The van der Waals surface area contributed by atoms with E-state index in [1.54, 1.807) is 0 Å². The highest BCUT2D eigenvalue weighted by Gasteiger charge is 2.44. The summed E-state index contributed by atoms with van der Waals surface area (Å²) in [5.74, 6) is 0. The van der Waals surface area contributed by atoms with Gasteiger partial charge in [0.2, 0.25) is 0 Å². The standard InChI is InChI=1S/C14H26BNO/c1-13(6-9-16-10-8-15)7-11-17-14(12-13)4-2-3-5-14/h16H,2-12H2,1H3/t13-/m1/s1. The Morgan fingerprint density at radius 3 is 2.65 bits per heavy atom. The van der Waals surface area contributed by atoms with Gasteiger partial charge in [0.25, 0.3) is 0 Å². The Morgan fingerprint density at radius 1 is 1.18 bits per heavy atom. The molecular weight excluding hydrogens is 209 g/mol. The Hall–Kier alpha value is -0.0151. The maximum absolute atomic E-state index is 6.11. The molecule has 0 aromatic heterocycles. The lowest BCUT2D eigenvalue weighted by atomic mass is 9.71. The summed E-state index contributed by atoms with van der Waals surface area (Å²) >= 11 is 0. The summed E-state index contributed by atoms with van der Waals surface area (Å²) < 4.78 is 6.11. The van der Waals surface area contributed by atoms with Crippen LogP contribution in [0.5, 0.6) is 0 Å². The van der Waals surface area contributed by atoms with Crippen LogP contribution < -0.4 is 5.32 Å². The van der Waals surface area contributed by atoms with Crippen molar-refractivity contribution in [2.24, 2.45) is 5.41 Å². The number of hydrogen-bond donors (Lipinski definition) is 1. The molecule has 0 amide bonds. The maximum Gasteiger partial charge on any atom is 0.0687 e. The van der Waals surface area contributed by atoms with Gasteiger partial charge in [-0.15, -0.1) is 0 Å². The van der Waals surface area contributed by atoms with Gasteiger partial charge < -0.3 is 10.1 Å². The summed E-state index contributed by atoms with van der Waals surface area (Å²) in [6.07, 6.45) is 9.80. The molecule has 0 aromatic carbocycles. The molecule has 1 spiro atoms. The second kappa shape index (κ2) is 5.75. The van der Waals surface area contributed by atoms with Gasteiger partial charge in [-0.3, -0.25) is 0 Å². The molecule has 0 unspecified atom stereocenters. The van der Waals surface area contributed by atoms with Gasteiger partial charge in [-0.25, -0.2) is 0 Å². The van der Waals surface area contributed by atoms with E-state index in [0.29, 0.717) is 5.41 Å². The molecule has 1 saturated heterocycles. The van der Waals surface area contributed by atoms with E-state index in [1.807, 2.05) is 0 Å². The maximum atomic E-state index is 6.11. The van der Waals surface area contributed by atoms with Crippen molar-refractivity contribution in [1.29, 1.82) is 0 Å². The Kier molecular flexibility index (Phi) is 4.54. The van der Waals surface area contributed by atoms with Crippen LogP contribution in [-0.2, 0) is 4.74 Å². The first kappa shape index (κ1) is 13.4. The zero-order valence-corrected chi connectivity index (χ0v) is 11.3. The molecule has 1 aliphatic carbocycles. The molecule has 2 radical (unpaired) electrons. The van der Waals surface area contributed by atoms with Gasteiger partial charge in [0.15, 0.2) is 0 Å². The molecule has 1 heterocycles. The highest BCUT2D eigenvalue weighted by Crippen LogP contribution is 2.48. The van der Waals surface area contributed by atoms with Crippen LogP contribution in [0.2, 0.25) is 6.32 Å². The van der Waals surface area contributed by atoms with Gasteiger partial charge in [-0.1, -0.05) is 26.1 Å². The molecule has 17 heavy (non-hydrogen) atoms. The molecule has 2 nitrogen and oxygen atoms in total. The molecule has 2 aliphatic rings. The predicted octanol–water partition coefficient (Wildman–Crippen LogP) is 2.68. The summed E-state index contributed by atoms with van der Waals surface area (Å²) in [7, 11) is 5.49. The summed E-state index contributed by atoms with van der Waals surface area (Å²) in [6, 6.07) is 0. The van der Waals surface area contributed by atoms with Crippen molar-refractivity contribution in [3.63, 3.8) is 0 Å². The van der Waals surface area contributed by atoms with E-state index < -0.39 is 0 Å². The first-order chi connectivity index (χ1) is 8.18. The van der Waals surface area contributed by atoms with Crippen molar-refractivity contribution in [2.75, 3.05) is 19.7 Å². The second-order valence-electron chi connectivity index (χ2n) is 6.26. The van der Waals surface area contributed by atoms with Gasteiger partial charge >= 0.3 is 0 Å². The quantitative estimate of drug-likeness (QED) is 0.584. The Morgan fingerprint density at radius 2 is 1.94 bits per heavy atom. The van der Waals surface area contributed by atoms with Crippen LogP contribution in [0.1, 0.15) is 51.9 Å². The molecule has 1 atom stereocenters. The van der Waals surface area contributed by atoms with Crippen molar-refractivity contribution in [3.8, 4) is 0 Å². The topological polar surface area (TPSA) is 21.3 Å². The van der Waals surface area contributed by atoms with Gasteiger partial charge in [0.05, 0.1) is 13.4 Å². The summed E-state index contributed by atoms with van der Waals surface area (Å²) in [4.78, 5) is 0. The fourth-order valence-electron chi connectivity index (χ4n) is 3.60. The fraction of sp³-hybridized carbons (Fsp3) is 1.00. The molecule has 0 aromatic rings. The number of hydrogen-bond acceptors (Lipinski definition) is 2. The predicted molar refractivity (Wildman–Crippen MR) is 72.5 cm³/mol. The monoisotopic (exact) mass is 235 g/mol. The number of rotatable bonds is 5. The highest BCUT2D eigenvalue weighted by molar-refractivity contribution is 6.08. The molecular formula is C14H26BNO. The van der Waals surface area contributed by atoms with E-state index in [-0.39, 0.29) is 5.60 Å². The third-order valence-electron chi connectivity index (χ3n) is 4.60. The van der Waals surface area contributed by atoms with Crippen molar-refractivity contribution in [3.05, 3.63) is 0 Å². The van der Waals surface area contributed by atoms with E-state index in [9.17, 15) is 0 Å². The Bertz CT molecular complexity index is 240. The van der Waals surface area contributed by atoms with Gasteiger partial charge in [0, 0.05) is 6.61 Å². The average Bonchev–Trinajstić information content (AvgIpc) is 2.72. The van der Waals surface area contributed by atoms with Crippen molar-refractivity contribution in [1.82, 2.24) is 5.32 Å². The lowest BCUT2D eigenvalue weighted by Gasteiger charge is -2.45. The van der Waals surface area contributed by atoms with Crippen LogP contribution in [0, 0.1) is 5.41 Å². The van der Waals surface area contributed by atoms with Crippen LogP contribution in [0.25, 0.3) is 0 Å². The van der Waals surface area contributed by atoms with Crippen molar-refractivity contribution >= 4 is 7.85 Å². The van der Waals surface area contributed by atoms with Crippen LogP contribution in [0.15, 0.2) is 0 Å². The lowest BCUT2D eigenvalue weighted by molar-refractivity contribution is -0.119. The normalized spacial score (nSPS) is 32.1. The molecule has 1 N–H and O–H groups in total. The van der Waals surface area contributed by atoms with Crippen LogP contribution in [0.3, 0.4) is 0 Å². The molecule has 0 bridgehead atoms. The largest absolute Gasteiger partial charge is 0.375 e. The third-order valence-corrected chi connectivity index (χ3v) is 4.60. The minimum Gasteiger partial charge on any atom is -0.375 e. The second-order valence-corrected chi connectivity index (χ2v) is 6.26. The highest BCUT2D eigenvalue weighted by atomic mass is 16.5. The van der Waals surface area contributed by atoms with Crippen LogP contribution in [0.4, 0.5) is 0 Å². The minimum absolute atomic E-state index is 0.251. The fourth-order valence-corrected chi connectivity index (χ4v) is 3.60. The minimum atomic E-state index is 0.251. The van der Waals surface area contributed by atoms with Crippen molar-refractivity contribution in [2.45, 2.75) is 63.8 Å². The van der Waals surface area contributed by atoms with Gasteiger partial charge in [-0.05, 0) is 50.6 Å². The van der Waals surface area contributed by atoms with E-state index in [0.717, 1.165) is 26.0 Å². The van der Waals surface area contributed by atoms with E-state index in [2.05, 4.69) is 12.2 Å². The summed E-state index contributed by atoms with van der Waals surface area (Å²) in [5, 5.41) is 3.42. The van der Waals surface area contributed by atoms with E-state index in [1.165, 1.54) is 44.9 Å². The SMILES string of the molecule is [B]CCNCC[C@]1(C)CCOC2(CCCC2)C1. The zero-order valence-electron chi connectivity index (χ0n) is 11.3. The summed E-state index contributed by atoms with van der Waals surface area (Å²) in [5.41, 5.74) is 0.727.